The Morgan fingerprint density at radius 1 is 1.17 bits per heavy atom. The van der Waals surface area contributed by atoms with Crippen molar-refractivity contribution in [2.75, 3.05) is 19.6 Å². The Bertz CT molecular complexity index is 624. The van der Waals surface area contributed by atoms with E-state index in [9.17, 15) is 9.59 Å². The van der Waals surface area contributed by atoms with Crippen LogP contribution in [0.4, 0.5) is 0 Å². The summed E-state index contributed by atoms with van der Waals surface area (Å²) in [5.74, 6) is 0.543. The minimum atomic E-state index is -0.340. The van der Waals surface area contributed by atoms with Crippen molar-refractivity contribution in [2.24, 2.45) is 11.3 Å². The second kappa shape index (κ2) is 6.51. The van der Waals surface area contributed by atoms with Gasteiger partial charge in [0.05, 0.1) is 6.04 Å². The molecule has 24 heavy (non-hydrogen) atoms. The van der Waals surface area contributed by atoms with Crippen LogP contribution < -0.4 is 0 Å². The molecule has 5 heteroatoms. The Kier molecular flexibility index (Phi) is 4.73. The van der Waals surface area contributed by atoms with E-state index < -0.39 is 0 Å². The van der Waals surface area contributed by atoms with E-state index in [0.29, 0.717) is 13.1 Å². The predicted octanol–water partition coefficient (Wildman–Crippen LogP) is 3.48. The summed E-state index contributed by atoms with van der Waals surface area (Å²) < 4.78 is 0. The largest absolute Gasteiger partial charge is 0.342 e. The Balaban J connectivity index is 1.61. The fraction of sp³-hybridized carbons (Fsp3) is 0.684. The lowest BCUT2D eigenvalue weighted by atomic mass is 9.89. The van der Waals surface area contributed by atoms with E-state index in [-0.39, 0.29) is 29.2 Å². The summed E-state index contributed by atoms with van der Waals surface area (Å²) in [6.07, 6.45) is 2.56. The molecule has 2 amide bonds. The Labute approximate surface area is 148 Å². The Morgan fingerprint density at radius 2 is 1.83 bits per heavy atom. The minimum Gasteiger partial charge on any atom is -0.342 e. The molecule has 0 saturated carbocycles. The molecule has 3 heterocycles. The number of carbonyl (C=O) groups is 2. The van der Waals surface area contributed by atoms with Crippen molar-refractivity contribution in [2.45, 2.75) is 53.0 Å². The van der Waals surface area contributed by atoms with Crippen molar-refractivity contribution < 1.29 is 9.59 Å². The molecule has 1 saturated heterocycles. The predicted molar refractivity (Wildman–Crippen MR) is 96.9 cm³/mol. The van der Waals surface area contributed by atoms with Crippen LogP contribution in [-0.4, -0.2) is 41.2 Å². The van der Waals surface area contributed by atoms with Gasteiger partial charge in [-0.05, 0) is 43.2 Å². The van der Waals surface area contributed by atoms with Gasteiger partial charge in [-0.1, -0.05) is 20.8 Å². The van der Waals surface area contributed by atoms with Gasteiger partial charge >= 0.3 is 0 Å². The number of amides is 2. The van der Waals surface area contributed by atoms with Gasteiger partial charge in [0.2, 0.25) is 11.8 Å². The number of fused-ring (bicyclic) bond motifs is 1. The van der Waals surface area contributed by atoms with Crippen molar-refractivity contribution in [1.29, 1.82) is 0 Å². The fourth-order valence-electron chi connectivity index (χ4n) is 3.85. The number of nitrogens with zero attached hydrogens (tertiary/aromatic N) is 2. The van der Waals surface area contributed by atoms with Crippen molar-refractivity contribution in [1.82, 2.24) is 9.80 Å². The van der Waals surface area contributed by atoms with Crippen LogP contribution in [-0.2, 0) is 16.0 Å². The lowest BCUT2D eigenvalue weighted by Crippen LogP contribution is -2.48. The highest BCUT2D eigenvalue weighted by Gasteiger charge is 2.36. The van der Waals surface area contributed by atoms with E-state index in [1.54, 1.807) is 11.3 Å². The zero-order valence-corrected chi connectivity index (χ0v) is 16.0. The van der Waals surface area contributed by atoms with E-state index in [1.165, 1.54) is 10.4 Å². The summed E-state index contributed by atoms with van der Waals surface area (Å²) in [6.45, 7) is 10.3. The van der Waals surface area contributed by atoms with Crippen molar-refractivity contribution in [3.63, 3.8) is 0 Å². The van der Waals surface area contributed by atoms with Crippen molar-refractivity contribution >= 4 is 23.2 Å². The zero-order chi connectivity index (χ0) is 17.5. The van der Waals surface area contributed by atoms with Gasteiger partial charge < -0.3 is 9.80 Å². The molecule has 0 spiro atoms. The first kappa shape index (κ1) is 17.5. The van der Waals surface area contributed by atoms with Gasteiger partial charge in [0.25, 0.3) is 0 Å². The molecule has 0 radical (unpaired) electrons. The average molecular weight is 349 g/mol. The smallest absolute Gasteiger partial charge is 0.227 e. The van der Waals surface area contributed by atoms with Crippen LogP contribution in [0.15, 0.2) is 11.4 Å². The number of hydrogen-bond donors (Lipinski definition) is 0. The summed E-state index contributed by atoms with van der Waals surface area (Å²) in [4.78, 5) is 30.8. The average Bonchev–Trinajstić information content (AvgIpc) is 3.03. The summed E-state index contributed by atoms with van der Waals surface area (Å²) >= 11 is 1.80. The standard InChI is InChI=1S/C19H28N2O2S/c1-13-15-8-12-24-16(15)7-11-21(13)17(22)14-5-9-20(10-6-14)18(23)19(2,3)4/h8,12-14H,5-7,9-11H2,1-4H3/t13-/m1/s1. The van der Waals surface area contributed by atoms with Gasteiger partial charge in [0.1, 0.15) is 0 Å². The highest BCUT2D eigenvalue weighted by atomic mass is 32.1. The molecule has 1 fully saturated rings. The van der Waals surface area contributed by atoms with Crippen LogP contribution in [0.5, 0.6) is 0 Å². The van der Waals surface area contributed by atoms with Gasteiger partial charge in [-0.2, -0.15) is 0 Å². The minimum absolute atomic E-state index is 0.0663. The van der Waals surface area contributed by atoms with Crippen LogP contribution in [0, 0.1) is 11.3 Å². The second-order valence-corrected chi connectivity index (χ2v) is 9.07. The zero-order valence-electron chi connectivity index (χ0n) is 15.2. The van der Waals surface area contributed by atoms with Crippen LogP contribution >= 0.6 is 11.3 Å². The van der Waals surface area contributed by atoms with Gasteiger partial charge in [-0.3, -0.25) is 9.59 Å². The SMILES string of the molecule is C[C@@H]1c2ccsc2CCN1C(=O)C1CCN(C(=O)C(C)(C)C)CC1. The maximum Gasteiger partial charge on any atom is 0.227 e. The summed E-state index contributed by atoms with van der Waals surface area (Å²) in [5, 5.41) is 2.13. The third-order valence-electron chi connectivity index (χ3n) is 5.33. The topological polar surface area (TPSA) is 40.6 Å². The molecule has 132 valence electrons. The lowest BCUT2D eigenvalue weighted by Gasteiger charge is -2.39. The Hall–Kier alpha value is -1.36. The lowest BCUT2D eigenvalue weighted by molar-refractivity contribution is -0.146. The second-order valence-electron chi connectivity index (χ2n) is 8.07. The molecule has 0 bridgehead atoms. The molecule has 4 nitrogen and oxygen atoms in total. The first-order valence-corrected chi connectivity index (χ1v) is 9.83. The maximum atomic E-state index is 13.0. The van der Waals surface area contributed by atoms with E-state index >= 15 is 0 Å². The molecule has 1 aromatic rings. The third-order valence-corrected chi connectivity index (χ3v) is 6.33. The molecular weight excluding hydrogens is 320 g/mol. The molecule has 1 atom stereocenters. The van der Waals surface area contributed by atoms with E-state index in [2.05, 4.69) is 23.3 Å². The monoisotopic (exact) mass is 348 g/mol. The molecule has 2 aliphatic rings. The van der Waals surface area contributed by atoms with Crippen molar-refractivity contribution in [3.8, 4) is 0 Å². The number of rotatable bonds is 1. The maximum absolute atomic E-state index is 13.0. The molecule has 0 unspecified atom stereocenters. The van der Waals surface area contributed by atoms with Crippen LogP contribution in [0.1, 0.15) is 57.0 Å². The molecule has 0 aliphatic carbocycles. The van der Waals surface area contributed by atoms with Gasteiger partial charge in [-0.15, -0.1) is 11.3 Å². The normalized spacial score (nSPS) is 22.4. The number of likely N-dealkylation sites (tertiary alicyclic amines) is 1. The van der Waals surface area contributed by atoms with Crippen molar-refractivity contribution in [3.05, 3.63) is 21.9 Å². The highest BCUT2D eigenvalue weighted by Crippen LogP contribution is 2.35. The first-order valence-electron chi connectivity index (χ1n) is 8.95. The van der Waals surface area contributed by atoms with Gasteiger partial charge in [0.15, 0.2) is 0 Å². The number of piperidine rings is 1. The van der Waals surface area contributed by atoms with Crippen LogP contribution in [0.3, 0.4) is 0 Å². The quantitative estimate of drug-likeness (QED) is 0.779. The number of thiophene rings is 1. The van der Waals surface area contributed by atoms with Crippen LogP contribution in [0.2, 0.25) is 0 Å². The Morgan fingerprint density at radius 3 is 2.46 bits per heavy atom. The number of carbonyl (C=O) groups excluding carboxylic acids is 2. The summed E-state index contributed by atoms with van der Waals surface area (Å²) in [6, 6.07) is 2.34. The van der Waals surface area contributed by atoms with E-state index in [0.717, 1.165) is 25.8 Å². The molecular formula is C19H28N2O2S. The van der Waals surface area contributed by atoms with Crippen LogP contribution in [0.25, 0.3) is 0 Å². The molecule has 0 N–H and O–H groups in total. The summed E-state index contributed by atoms with van der Waals surface area (Å²) in [7, 11) is 0. The van der Waals surface area contributed by atoms with E-state index in [1.807, 2.05) is 25.7 Å². The fourth-order valence-corrected chi connectivity index (χ4v) is 4.81. The van der Waals surface area contributed by atoms with E-state index in [4.69, 9.17) is 0 Å². The summed E-state index contributed by atoms with van der Waals surface area (Å²) in [5.41, 5.74) is 0.980. The molecule has 1 aromatic heterocycles. The first-order chi connectivity index (χ1) is 11.3. The van der Waals surface area contributed by atoms with Gasteiger partial charge in [0, 0.05) is 35.8 Å². The molecule has 2 aliphatic heterocycles. The number of hydrogen-bond acceptors (Lipinski definition) is 3. The van der Waals surface area contributed by atoms with Gasteiger partial charge in [-0.25, -0.2) is 0 Å². The molecule has 0 aromatic carbocycles. The third kappa shape index (κ3) is 3.23. The highest BCUT2D eigenvalue weighted by molar-refractivity contribution is 7.10. The molecule has 3 rings (SSSR count).